The van der Waals surface area contributed by atoms with Gasteiger partial charge in [-0.25, -0.2) is 4.79 Å². The minimum absolute atomic E-state index is 0.210. The number of halogens is 1. The molecule has 2 amide bonds. The zero-order valence-electron chi connectivity index (χ0n) is 14.4. The smallest absolute Gasteiger partial charge is 0.319 e. The van der Waals surface area contributed by atoms with E-state index >= 15 is 0 Å². The molecule has 0 aromatic heterocycles. The van der Waals surface area contributed by atoms with E-state index in [1.165, 1.54) is 0 Å². The highest BCUT2D eigenvalue weighted by molar-refractivity contribution is 6.30. The van der Waals surface area contributed by atoms with Crippen molar-refractivity contribution in [1.29, 1.82) is 0 Å². The minimum atomic E-state index is -0.263. The van der Waals surface area contributed by atoms with Gasteiger partial charge in [-0.05, 0) is 42.3 Å². The Kier molecular flexibility index (Phi) is 5.73. The van der Waals surface area contributed by atoms with Crippen molar-refractivity contribution in [2.45, 2.75) is 26.2 Å². The lowest BCUT2D eigenvalue weighted by atomic mass is 9.85. The zero-order chi connectivity index (χ0) is 17.7. The molecule has 0 saturated carbocycles. The Bertz CT molecular complexity index is 712. The van der Waals surface area contributed by atoms with Crippen molar-refractivity contribution in [1.82, 2.24) is 5.32 Å². The molecule has 128 valence electrons. The van der Waals surface area contributed by atoms with Crippen LogP contribution in [0.3, 0.4) is 0 Å². The summed E-state index contributed by atoms with van der Waals surface area (Å²) in [5.41, 5.74) is 2.60. The highest BCUT2D eigenvalue weighted by Gasteiger charge is 2.21. The average molecular weight is 347 g/mol. The predicted molar refractivity (Wildman–Crippen MR) is 99.2 cm³/mol. The number of hydrogen-bond acceptors (Lipinski definition) is 2. The van der Waals surface area contributed by atoms with Crippen LogP contribution in [-0.2, 0) is 5.41 Å². The third kappa shape index (κ3) is 4.65. The van der Waals surface area contributed by atoms with Gasteiger partial charge >= 0.3 is 6.03 Å². The fourth-order valence-corrected chi connectivity index (χ4v) is 2.52. The molecular formula is C19H23ClN2O2. The number of hydrogen-bond donors (Lipinski definition) is 2. The Hall–Kier alpha value is -2.20. The molecule has 0 aliphatic carbocycles. The fourth-order valence-electron chi connectivity index (χ4n) is 2.39. The van der Waals surface area contributed by atoms with Gasteiger partial charge in [0.1, 0.15) is 5.75 Å². The molecule has 0 saturated heterocycles. The van der Waals surface area contributed by atoms with E-state index in [0.29, 0.717) is 23.0 Å². The Labute approximate surface area is 148 Å². The van der Waals surface area contributed by atoms with Crippen LogP contribution < -0.4 is 15.4 Å². The first-order chi connectivity index (χ1) is 11.3. The lowest BCUT2D eigenvalue weighted by molar-refractivity contribution is 0.249. The number of carbonyl (C=O) groups is 1. The van der Waals surface area contributed by atoms with Crippen molar-refractivity contribution >= 4 is 23.3 Å². The van der Waals surface area contributed by atoms with Gasteiger partial charge in [0.05, 0.1) is 12.8 Å². The molecule has 0 radical (unpaired) electrons. The van der Waals surface area contributed by atoms with Gasteiger partial charge < -0.3 is 15.4 Å². The third-order valence-electron chi connectivity index (χ3n) is 3.92. The molecule has 4 nitrogen and oxygen atoms in total. The standard InChI is InChI=1S/C19H23ClN2O2/c1-13-5-10-17(24-4)16(11-13)22-18(23)21-12-19(2,3)14-6-8-15(20)9-7-14/h5-11H,12H2,1-4H3,(H2,21,22,23). The van der Waals surface area contributed by atoms with E-state index in [-0.39, 0.29) is 11.4 Å². The first-order valence-electron chi connectivity index (χ1n) is 7.77. The number of nitrogens with one attached hydrogen (secondary N) is 2. The number of rotatable bonds is 5. The average Bonchev–Trinajstić information content (AvgIpc) is 2.54. The molecule has 0 aliphatic rings. The molecule has 2 aromatic rings. The summed E-state index contributed by atoms with van der Waals surface area (Å²) in [6.45, 7) is 6.61. The first-order valence-corrected chi connectivity index (χ1v) is 8.15. The molecule has 24 heavy (non-hydrogen) atoms. The maximum absolute atomic E-state index is 12.2. The lowest BCUT2D eigenvalue weighted by Crippen LogP contribution is -2.39. The van der Waals surface area contributed by atoms with E-state index in [2.05, 4.69) is 24.5 Å². The zero-order valence-corrected chi connectivity index (χ0v) is 15.2. The van der Waals surface area contributed by atoms with Crippen LogP contribution in [0.5, 0.6) is 5.75 Å². The van der Waals surface area contributed by atoms with Gasteiger partial charge in [-0.2, -0.15) is 0 Å². The number of methoxy groups -OCH3 is 1. The van der Waals surface area contributed by atoms with Crippen molar-refractivity contribution in [3.05, 3.63) is 58.6 Å². The van der Waals surface area contributed by atoms with Crippen LogP contribution in [0, 0.1) is 6.92 Å². The molecule has 2 rings (SSSR count). The molecule has 0 unspecified atom stereocenters. The van der Waals surface area contributed by atoms with Crippen molar-refractivity contribution in [2.75, 3.05) is 19.0 Å². The van der Waals surface area contributed by atoms with Crippen LogP contribution in [0.25, 0.3) is 0 Å². The summed E-state index contributed by atoms with van der Waals surface area (Å²) in [4.78, 5) is 12.2. The summed E-state index contributed by atoms with van der Waals surface area (Å²) < 4.78 is 5.27. The fraction of sp³-hybridized carbons (Fsp3) is 0.316. The largest absolute Gasteiger partial charge is 0.495 e. The maximum atomic E-state index is 12.2. The lowest BCUT2D eigenvalue weighted by Gasteiger charge is -2.26. The monoisotopic (exact) mass is 346 g/mol. The molecule has 5 heteroatoms. The molecule has 0 heterocycles. The Morgan fingerprint density at radius 3 is 2.46 bits per heavy atom. The van der Waals surface area contributed by atoms with E-state index in [0.717, 1.165) is 11.1 Å². The van der Waals surface area contributed by atoms with Crippen LogP contribution in [0.4, 0.5) is 10.5 Å². The molecule has 0 bridgehead atoms. The van der Waals surface area contributed by atoms with Gasteiger partial charge in [-0.3, -0.25) is 0 Å². The summed E-state index contributed by atoms with van der Waals surface area (Å²) in [5, 5.41) is 6.46. The van der Waals surface area contributed by atoms with Gasteiger partial charge in [0.15, 0.2) is 0 Å². The molecule has 0 aliphatic heterocycles. The van der Waals surface area contributed by atoms with Crippen LogP contribution in [0.15, 0.2) is 42.5 Å². The Morgan fingerprint density at radius 1 is 1.17 bits per heavy atom. The van der Waals surface area contributed by atoms with Gasteiger partial charge in [0, 0.05) is 17.0 Å². The van der Waals surface area contributed by atoms with Crippen LogP contribution in [-0.4, -0.2) is 19.7 Å². The number of aryl methyl sites for hydroxylation is 1. The van der Waals surface area contributed by atoms with Crippen molar-refractivity contribution in [2.24, 2.45) is 0 Å². The third-order valence-corrected chi connectivity index (χ3v) is 4.17. The SMILES string of the molecule is COc1ccc(C)cc1NC(=O)NCC(C)(C)c1ccc(Cl)cc1. The first kappa shape index (κ1) is 18.1. The van der Waals surface area contributed by atoms with E-state index in [4.69, 9.17) is 16.3 Å². The van der Waals surface area contributed by atoms with E-state index < -0.39 is 0 Å². The van der Waals surface area contributed by atoms with Gasteiger partial charge in [-0.1, -0.05) is 43.6 Å². The molecule has 0 atom stereocenters. The van der Waals surface area contributed by atoms with Gasteiger partial charge in [0.2, 0.25) is 0 Å². The minimum Gasteiger partial charge on any atom is -0.495 e. The maximum Gasteiger partial charge on any atom is 0.319 e. The number of anilines is 1. The highest BCUT2D eigenvalue weighted by atomic mass is 35.5. The second-order valence-corrected chi connectivity index (χ2v) is 6.84. The topological polar surface area (TPSA) is 50.4 Å². The highest BCUT2D eigenvalue weighted by Crippen LogP contribution is 2.26. The number of ether oxygens (including phenoxy) is 1. The van der Waals surface area contributed by atoms with Gasteiger partial charge in [-0.15, -0.1) is 0 Å². The number of urea groups is 1. The molecule has 0 fully saturated rings. The second-order valence-electron chi connectivity index (χ2n) is 6.40. The van der Waals surface area contributed by atoms with Crippen molar-refractivity contribution < 1.29 is 9.53 Å². The summed E-state index contributed by atoms with van der Waals surface area (Å²) >= 11 is 5.93. The second kappa shape index (κ2) is 7.58. The molecule has 2 N–H and O–H groups in total. The predicted octanol–water partition coefficient (Wildman–Crippen LogP) is 4.76. The Balaban J connectivity index is 2.00. The number of benzene rings is 2. The Morgan fingerprint density at radius 2 is 1.83 bits per heavy atom. The molecule has 0 spiro atoms. The van der Waals surface area contributed by atoms with Crippen molar-refractivity contribution in [3.8, 4) is 5.75 Å². The van der Waals surface area contributed by atoms with Crippen molar-refractivity contribution in [3.63, 3.8) is 0 Å². The normalized spacial score (nSPS) is 11.0. The van der Waals surface area contributed by atoms with Crippen LogP contribution in [0.2, 0.25) is 5.02 Å². The van der Waals surface area contributed by atoms with E-state index in [1.807, 2.05) is 49.4 Å². The molecular weight excluding hydrogens is 324 g/mol. The summed E-state index contributed by atoms with van der Waals surface area (Å²) in [6, 6.07) is 13.1. The van der Waals surface area contributed by atoms with Crippen LogP contribution >= 0.6 is 11.6 Å². The van der Waals surface area contributed by atoms with Crippen LogP contribution in [0.1, 0.15) is 25.0 Å². The summed E-state index contributed by atoms with van der Waals surface area (Å²) in [6.07, 6.45) is 0. The van der Waals surface area contributed by atoms with E-state index in [1.54, 1.807) is 7.11 Å². The summed E-state index contributed by atoms with van der Waals surface area (Å²) in [7, 11) is 1.58. The molecule has 2 aromatic carbocycles. The number of carbonyl (C=O) groups excluding carboxylic acids is 1. The quantitative estimate of drug-likeness (QED) is 0.820. The van der Waals surface area contributed by atoms with Gasteiger partial charge in [0.25, 0.3) is 0 Å². The van der Waals surface area contributed by atoms with E-state index in [9.17, 15) is 4.79 Å². The summed E-state index contributed by atoms with van der Waals surface area (Å²) in [5.74, 6) is 0.632. The number of amides is 2.